The fraction of sp³-hybridized carbons (Fsp3) is 0.133. The SMILES string of the molecule is CC(NS(=O)(=O)c1ccc(Cl)cc1)C(=O)Nc1ccc([N+](=O)[O-])cc1. The van der Waals surface area contributed by atoms with Gasteiger partial charge in [0.1, 0.15) is 0 Å². The van der Waals surface area contributed by atoms with Crippen LogP contribution < -0.4 is 10.0 Å². The maximum absolute atomic E-state index is 12.2. The van der Waals surface area contributed by atoms with Crippen molar-refractivity contribution in [2.45, 2.75) is 17.9 Å². The highest BCUT2D eigenvalue weighted by atomic mass is 35.5. The minimum absolute atomic E-state index is 0.0214. The molecule has 0 saturated heterocycles. The first-order chi connectivity index (χ1) is 11.7. The van der Waals surface area contributed by atoms with Gasteiger partial charge in [0.25, 0.3) is 5.69 Å². The second-order valence-electron chi connectivity index (χ2n) is 5.09. The Morgan fingerprint density at radius 1 is 1.12 bits per heavy atom. The van der Waals surface area contributed by atoms with E-state index in [1.807, 2.05) is 0 Å². The average Bonchev–Trinajstić information content (AvgIpc) is 2.55. The van der Waals surface area contributed by atoms with Gasteiger partial charge in [-0.1, -0.05) is 11.6 Å². The number of sulfonamides is 1. The van der Waals surface area contributed by atoms with Gasteiger partial charge in [0.05, 0.1) is 15.9 Å². The number of halogens is 1. The standard InChI is InChI=1S/C15H14ClN3O5S/c1-10(18-25(23,24)14-8-2-11(16)3-9-14)15(20)17-12-4-6-13(7-5-12)19(21)22/h2-10,18H,1H3,(H,17,20). The largest absolute Gasteiger partial charge is 0.325 e. The predicted molar refractivity (Wildman–Crippen MR) is 93.0 cm³/mol. The summed E-state index contributed by atoms with van der Waals surface area (Å²) in [5.74, 6) is -0.605. The van der Waals surface area contributed by atoms with E-state index in [-0.39, 0.29) is 10.6 Å². The molecule has 2 rings (SSSR count). The Balaban J connectivity index is 2.04. The van der Waals surface area contributed by atoms with Crippen molar-refractivity contribution in [2.24, 2.45) is 0 Å². The number of nitrogens with zero attached hydrogens (tertiary/aromatic N) is 1. The van der Waals surface area contributed by atoms with Crippen molar-refractivity contribution >= 4 is 38.9 Å². The number of hydrogen-bond acceptors (Lipinski definition) is 5. The molecule has 1 amide bonds. The van der Waals surface area contributed by atoms with Crippen LogP contribution in [-0.4, -0.2) is 25.3 Å². The number of amides is 1. The fourth-order valence-electron chi connectivity index (χ4n) is 1.89. The lowest BCUT2D eigenvalue weighted by Gasteiger charge is -2.14. The molecule has 0 aliphatic heterocycles. The summed E-state index contributed by atoms with van der Waals surface area (Å²) in [6.45, 7) is 1.38. The van der Waals surface area contributed by atoms with Gasteiger partial charge in [-0.2, -0.15) is 4.72 Å². The molecular formula is C15H14ClN3O5S. The lowest BCUT2D eigenvalue weighted by molar-refractivity contribution is -0.384. The van der Waals surface area contributed by atoms with E-state index in [0.29, 0.717) is 10.7 Å². The summed E-state index contributed by atoms with van der Waals surface area (Å²) in [5.41, 5.74) is 0.197. The van der Waals surface area contributed by atoms with E-state index in [9.17, 15) is 23.3 Å². The molecule has 0 heterocycles. The zero-order chi connectivity index (χ0) is 18.6. The zero-order valence-corrected chi connectivity index (χ0v) is 14.5. The molecule has 0 radical (unpaired) electrons. The number of nitrogens with one attached hydrogen (secondary N) is 2. The van der Waals surface area contributed by atoms with Crippen molar-refractivity contribution in [1.82, 2.24) is 4.72 Å². The van der Waals surface area contributed by atoms with Crippen LogP contribution in [0.1, 0.15) is 6.92 Å². The van der Waals surface area contributed by atoms with Crippen LogP contribution in [0, 0.1) is 10.1 Å². The van der Waals surface area contributed by atoms with E-state index in [4.69, 9.17) is 11.6 Å². The molecule has 132 valence electrons. The zero-order valence-electron chi connectivity index (χ0n) is 13.0. The van der Waals surface area contributed by atoms with Gasteiger partial charge in [0, 0.05) is 22.8 Å². The third kappa shape index (κ3) is 4.99. The van der Waals surface area contributed by atoms with Crippen molar-refractivity contribution in [2.75, 3.05) is 5.32 Å². The molecule has 0 saturated carbocycles. The highest BCUT2D eigenvalue weighted by Gasteiger charge is 2.22. The number of non-ortho nitro benzene ring substituents is 1. The summed E-state index contributed by atoms with van der Waals surface area (Å²) in [6.07, 6.45) is 0. The molecule has 2 aromatic rings. The molecule has 0 fully saturated rings. The number of anilines is 1. The Morgan fingerprint density at radius 2 is 1.68 bits per heavy atom. The Kier molecular flexibility index (Phi) is 5.73. The lowest BCUT2D eigenvalue weighted by Crippen LogP contribution is -2.41. The van der Waals surface area contributed by atoms with E-state index in [2.05, 4.69) is 10.0 Å². The van der Waals surface area contributed by atoms with Crippen LogP contribution in [0.25, 0.3) is 0 Å². The maximum atomic E-state index is 12.2. The van der Waals surface area contributed by atoms with Crippen LogP contribution in [0.3, 0.4) is 0 Å². The first-order valence-corrected chi connectivity index (χ1v) is 8.88. The summed E-state index contributed by atoms with van der Waals surface area (Å²) in [5, 5.41) is 13.5. The number of rotatable bonds is 6. The summed E-state index contributed by atoms with van der Waals surface area (Å²) in [6, 6.07) is 9.63. The van der Waals surface area contributed by atoms with Crippen molar-refractivity contribution < 1.29 is 18.1 Å². The average molecular weight is 384 g/mol. The van der Waals surface area contributed by atoms with Crippen molar-refractivity contribution in [1.29, 1.82) is 0 Å². The molecule has 1 atom stereocenters. The van der Waals surface area contributed by atoms with Crippen LogP contribution in [0.4, 0.5) is 11.4 Å². The van der Waals surface area contributed by atoms with Crippen LogP contribution in [0.15, 0.2) is 53.4 Å². The Morgan fingerprint density at radius 3 is 2.20 bits per heavy atom. The Bertz CT molecular complexity index is 882. The fourth-order valence-corrected chi connectivity index (χ4v) is 3.21. The highest BCUT2D eigenvalue weighted by molar-refractivity contribution is 7.89. The first kappa shape index (κ1) is 18.8. The van der Waals surface area contributed by atoms with Crippen LogP contribution in [-0.2, 0) is 14.8 Å². The Labute approximate surface area is 149 Å². The second kappa shape index (κ2) is 7.60. The molecule has 1 unspecified atom stereocenters. The molecule has 10 heteroatoms. The van der Waals surface area contributed by atoms with Gasteiger partial charge in [0.2, 0.25) is 15.9 Å². The van der Waals surface area contributed by atoms with Crippen LogP contribution >= 0.6 is 11.6 Å². The topological polar surface area (TPSA) is 118 Å². The molecular weight excluding hydrogens is 370 g/mol. The van der Waals surface area contributed by atoms with Crippen molar-refractivity contribution in [3.63, 3.8) is 0 Å². The first-order valence-electron chi connectivity index (χ1n) is 7.02. The van der Waals surface area contributed by atoms with Crippen LogP contribution in [0.5, 0.6) is 0 Å². The number of carbonyl (C=O) groups is 1. The molecule has 0 bridgehead atoms. The third-order valence-electron chi connectivity index (χ3n) is 3.19. The van der Waals surface area contributed by atoms with E-state index < -0.39 is 26.9 Å². The highest BCUT2D eigenvalue weighted by Crippen LogP contribution is 2.16. The van der Waals surface area contributed by atoms with E-state index >= 15 is 0 Å². The predicted octanol–water partition coefficient (Wildman–Crippen LogP) is 2.55. The molecule has 0 aliphatic carbocycles. The summed E-state index contributed by atoms with van der Waals surface area (Å²) < 4.78 is 26.7. The lowest BCUT2D eigenvalue weighted by atomic mass is 10.2. The van der Waals surface area contributed by atoms with Crippen molar-refractivity contribution in [3.05, 3.63) is 63.7 Å². The minimum atomic E-state index is -3.89. The number of hydrogen-bond donors (Lipinski definition) is 2. The molecule has 0 spiro atoms. The van der Waals surface area contributed by atoms with Gasteiger partial charge in [-0.05, 0) is 43.3 Å². The van der Waals surface area contributed by atoms with Crippen molar-refractivity contribution in [3.8, 4) is 0 Å². The molecule has 2 aromatic carbocycles. The maximum Gasteiger partial charge on any atom is 0.269 e. The Hall–Kier alpha value is -2.49. The molecule has 2 N–H and O–H groups in total. The minimum Gasteiger partial charge on any atom is -0.325 e. The summed E-state index contributed by atoms with van der Waals surface area (Å²) >= 11 is 5.72. The smallest absolute Gasteiger partial charge is 0.269 e. The quantitative estimate of drug-likeness (QED) is 0.587. The molecule has 0 aliphatic rings. The van der Waals surface area contributed by atoms with Gasteiger partial charge in [-0.3, -0.25) is 14.9 Å². The second-order valence-corrected chi connectivity index (χ2v) is 7.24. The van der Waals surface area contributed by atoms with Gasteiger partial charge in [-0.15, -0.1) is 0 Å². The number of carbonyl (C=O) groups excluding carboxylic acids is 1. The molecule has 8 nitrogen and oxygen atoms in total. The third-order valence-corrected chi connectivity index (χ3v) is 5.00. The van der Waals surface area contributed by atoms with Crippen LogP contribution in [0.2, 0.25) is 5.02 Å². The number of nitro benzene ring substituents is 1. The summed E-state index contributed by atoms with van der Waals surface area (Å²) in [4.78, 5) is 22.1. The van der Waals surface area contributed by atoms with Gasteiger partial charge < -0.3 is 5.32 Å². The summed E-state index contributed by atoms with van der Waals surface area (Å²) in [7, 11) is -3.89. The van der Waals surface area contributed by atoms with Gasteiger partial charge in [-0.25, -0.2) is 8.42 Å². The monoisotopic (exact) mass is 383 g/mol. The number of nitro groups is 1. The normalized spacial score (nSPS) is 12.4. The number of benzene rings is 2. The van der Waals surface area contributed by atoms with Gasteiger partial charge in [0.15, 0.2) is 0 Å². The van der Waals surface area contributed by atoms with E-state index in [1.54, 1.807) is 0 Å². The molecule has 25 heavy (non-hydrogen) atoms. The van der Waals surface area contributed by atoms with E-state index in [0.717, 1.165) is 0 Å². The van der Waals surface area contributed by atoms with E-state index in [1.165, 1.54) is 55.5 Å². The molecule has 0 aromatic heterocycles. The van der Waals surface area contributed by atoms with Gasteiger partial charge >= 0.3 is 0 Å².